The maximum Gasteiger partial charge on any atom is 0.143 e. The predicted molar refractivity (Wildman–Crippen MR) is 600 cm³/mol. The summed E-state index contributed by atoms with van der Waals surface area (Å²) in [5.74, 6) is 0. The molecule has 3 heterocycles. The van der Waals surface area contributed by atoms with Crippen LogP contribution in [0.2, 0.25) is 0 Å². The molecular weight excluding hydrogens is 1710 g/mol. The fourth-order valence-electron chi connectivity index (χ4n) is 22.9. The lowest BCUT2D eigenvalue weighted by Crippen LogP contribution is -1.93. The van der Waals surface area contributed by atoms with Gasteiger partial charge in [0.2, 0.25) is 0 Å². The second kappa shape index (κ2) is 33.2. The third-order valence-corrected chi connectivity index (χ3v) is 29.4. The van der Waals surface area contributed by atoms with Gasteiger partial charge in [0.1, 0.15) is 33.5 Å². The Balaban J connectivity index is 0.000000104. The first-order chi connectivity index (χ1) is 69.9. The molecule has 0 aliphatic heterocycles. The molecule has 30 aromatic rings. The maximum atomic E-state index is 6.77. The summed E-state index contributed by atoms with van der Waals surface area (Å²) in [7, 11) is 0. The molecule has 3 aromatic heterocycles. The number of fused-ring (bicyclic) bond motifs is 21. The Morgan fingerprint density at radius 1 is 0.0993 bits per heavy atom. The van der Waals surface area contributed by atoms with Gasteiger partial charge in [-0.25, -0.2) is 0 Å². The second-order valence-corrected chi connectivity index (χ2v) is 37.4. The van der Waals surface area contributed by atoms with Gasteiger partial charge in [0.25, 0.3) is 0 Å². The van der Waals surface area contributed by atoms with E-state index in [0.29, 0.717) is 0 Å². The monoisotopic (exact) mass is 1790 g/mol. The molecule has 3 heteroatoms. The molecule has 0 saturated heterocycles. The standard InChI is InChI=1S/3C46H28O/c1-2-12-30-25-34(24-23-29(30)11-1)31-15-9-16-35(26-31)44-36-17-5-7-19-38(36)45(39-20-8-6-18-37(39)44)41-22-10-21-40-42-27-32-13-3-4-14-33(32)28-43(42)47-46(40)41;1-2-11-32-26-35(25-22-29(32)10-1)30-20-23-31(24-21-30)44-36-14-5-7-16-38(36)45(39-17-8-6-15-37(39)44)41-19-9-18-40-42-27-33-12-3-4-13-34(33)28-43(42)47-46(40)41;1-2-13-30-26-33(25-24-29(30)12-1)34-16-5-6-17-35(34)44-36-18-7-9-20-38(36)45(39-21-10-8-19-37(39)44)41-23-11-22-40-42-27-31-14-3-4-15-32(31)28-43(42)47-46(40)41/h3*1-28H. The van der Waals surface area contributed by atoms with Crippen LogP contribution in [-0.4, -0.2) is 0 Å². The summed E-state index contributed by atoms with van der Waals surface area (Å²) in [6, 6.07) is 185. The number of benzene rings is 27. The van der Waals surface area contributed by atoms with Gasteiger partial charge < -0.3 is 13.3 Å². The molecule has 3 nitrogen and oxygen atoms in total. The molecule has 141 heavy (non-hydrogen) atoms. The zero-order chi connectivity index (χ0) is 92.7. The lowest BCUT2D eigenvalue weighted by molar-refractivity contribution is 0.670. The summed E-state index contributed by atoms with van der Waals surface area (Å²) in [6.45, 7) is 0. The normalized spacial score (nSPS) is 11.8. The van der Waals surface area contributed by atoms with Crippen molar-refractivity contribution in [2.24, 2.45) is 0 Å². The highest BCUT2D eigenvalue weighted by Crippen LogP contribution is 2.54. The zero-order valence-electron chi connectivity index (χ0n) is 76.7. The Morgan fingerprint density at radius 3 is 0.660 bits per heavy atom. The fraction of sp³-hybridized carbons (Fsp3) is 0. The van der Waals surface area contributed by atoms with Crippen LogP contribution in [0.3, 0.4) is 0 Å². The van der Waals surface area contributed by atoms with Gasteiger partial charge in [-0.3, -0.25) is 0 Å². The van der Waals surface area contributed by atoms with Gasteiger partial charge in [0.15, 0.2) is 0 Å². The Morgan fingerprint density at radius 2 is 0.312 bits per heavy atom. The van der Waals surface area contributed by atoms with E-state index in [1.54, 1.807) is 0 Å². The number of rotatable bonds is 9. The predicted octanol–water partition coefficient (Wildman–Crippen LogP) is 39.6. The molecule has 30 rings (SSSR count). The Labute approximate surface area is 812 Å². The summed E-state index contributed by atoms with van der Waals surface area (Å²) in [5.41, 5.74) is 27.3. The number of furan rings is 3. The van der Waals surface area contributed by atoms with Crippen molar-refractivity contribution >= 4 is 195 Å². The van der Waals surface area contributed by atoms with Crippen molar-refractivity contribution in [3.8, 4) is 100 Å². The summed E-state index contributed by atoms with van der Waals surface area (Å²) >= 11 is 0. The molecule has 0 saturated carbocycles. The average Bonchev–Trinajstić information content (AvgIpc) is 1.68. The summed E-state index contributed by atoms with van der Waals surface area (Å²) in [4.78, 5) is 0. The van der Waals surface area contributed by atoms with Crippen molar-refractivity contribution < 1.29 is 13.3 Å². The zero-order valence-corrected chi connectivity index (χ0v) is 76.7. The topological polar surface area (TPSA) is 39.4 Å². The summed E-state index contributed by atoms with van der Waals surface area (Å²) < 4.78 is 20.3. The van der Waals surface area contributed by atoms with E-state index in [1.807, 2.05) is 0 Å². The SMILES string of the molecule is c1cc(-c2ccc3ccccc3c2)cc(-c2c3ccccc3c(-c3cccc4c3oc3cc5ccccc5cc34)c3ccccc23)c1.c1ccc(-c2c3ccccc3c(-c3cccc4c3oc3cc5ccccc5cc34)c3ccccc23)c(-c2ccc3ccccc3c2)c1.c1ccc2cc(-c3ccc(-c4c5ccccc5c(-c5cccc6c5oc5cc7ccccc7cc56)c5ccccc45)cc3)ccc2c1. The lowest BCUT2D eigenvalue weighted by atomic mass is 9.83. The molecule has 0 unspecified atom stereocenters. The number of hydrogen-bond acceptors (Lipinski definition) is 3. The van der Waals surface area contributed by atoms with Crippen LogP contribution in [0.4, 0.5) is 0 Å². The second-order valence-electron chi connectivity index (χ2n) is 37.4. The largest absolute Gasteiger partial charge is 0.455 e. The minimum absolute atomic E-state index is 0.917. The van der Waals surface area contributed by atoms with Crippen molar-refractivity contribution in [2.45, 2.75) is 0 Å². The molecule has 27 aromatic carbocycles. The van der Waals surface area contributed by atoms with Crippen LogP contribution in [0, 0.1) is 0 Å². The third-order valence-electron chi connectivity index (χ3n) is 29.4. The van der Waals surface area contributed by atoms with Gasteiger partial charge in [-0.05, 0) is 257 Å². The van der Waals surface area contributed by atoms with E-state index >= 15 is 0 Å². The molecule has 654 valence electrons. The molecule has 0 aliphatic rings. The molecule has 0 amide bonds. The first-order valence-corrected chi connectivity index (χ1v) is 48.5. The maximum absolute atomic E-state index is 6.77. The molecule has 0 spiro atoms. The van der Waals surface area contributed by atoms with E-state index < -0.39 is 0 Å². The van der Waals surface area contributed by atoms with Gasteiger partial charge in [-0.2, -0.15) is 0 Å². The van der Waals surface area contributed by atoms with E-state index in [2.05, 4.69) is 510 Å². The number of para-hydroxylation sites is 3. The summed E-state index contributed by atoms with van der Waals surface area (Å²) in [6.07, 6.45) is 0. The van der Waals surface area contributed by atoms with Gasteiger partial charge in [0.05, 0.1) is 0 Å². The molecule has 0 atom stereocenters. The summed E-state index contributed by atoms with van der Waals surface area (Å²) in [5, 5.41) is 36.3. The van der Waals surface area contributed by atoms with Crippen LogP contribution in [0.5, 0.6) is 0 Å². The quantitative estimate of drug-likeness (QED) is 0.135. The fourth-order valence-corrected chi connectivity index (χ4v) is 22.9. The first-order valence-electron chi connectivity index (χ1n) is 48.5. The molecule has 0 N–H and O–H groups in total. The highest BCUT2D eigenvalue weighted by Gasteiger charge is 2.27. The van der Waals surface area contributed by atoms with Crippen molar-refractivity contribution in [3.63, 3.8) is 0 Å². The van der Waals surface area contributed by atoms with Crippen LogP contribution >= 0.6 is 0 Å². The minimum atomic E-state index is 0.917. The Kier molecular flexibility index (Phi) is 19.0. The van der Waals surface area contributed by atoms with Crippen LogP contribution in [0.1, 0.15) is 0 Å². The highest BCUT2D eigenvalue weighted by atomic mass is 16.3. The number of hydrogen-bond donors (Lipinski definition) is 0. The molecule has 0 bridgehead atoms. The molecular formula is C138H84O3. The van der Waals surface area contributed by atoms with Crippen LogP contribution in [-0.2, 0) is 0 Å². The Hall–Kier alpha value is -18.5. The Bertz CT molecular complexity index is 10200. The molecule has 0 fully saturated rings. The van der Waals surface area contributed by atoms with Gasteiger partial charge in [-0.15, -0.1) is 0 Å². The van der Waals surface area contributed by atoms with Crippen molar-refractivity contribution in [2.75, 3.05) is 0 Å². The van der Waals surface area contributed by atoms with Crippen LogP contribution < -0.4 is 0 Å². The van der Waals surface area contributed by atoms with E-state index in [-0.39, 0.29) is 0 Å². The van der Waals surface area contributed by atoms with Gasteiger partial charge in [0, 0.05) is 65.7 Å². The molecule has 0 radical (unpaired) electrons. The lowest BCUT2D eigenvalue weighted by Gasteiger charge is -2.20. The third kappa shape index (κ3) is 13.6. The first kappa shape index (κ1) is 80.9. The van der Waals surface area contributed by atoms with Crippen LogP contribution in [0.15, 0.2) is 523 Å². The van der Waals surface area contributed by atoms with Crippen molar-refractivity contribution in [1.29, 1.82) is 0 Å². The average molecular weight is 1790 g/mol. The van der Waals surface area contributed by atoms with Gasteiger partial charge in [-0.1, -0.05) is 449 Å². The van der Waals surface area contributed by atoms with Crippen molar-refractivity contribution in [1.82, 2.24) is 0 Å². The van der Waals surface area contributed by atoms with E-state index in [1.165, 1.54) is 213 Å². The van der Waals surface area contributed by atoms with Crippen LogP contribution in [0.25, 0.3) is 295 Å². The minimum Gasteiger partial charge on any atom is -0.455 e. The van der Waals surface area contributed by atoms with E-state index in [9.17, 15) is 0 Å². The van der Waals surface area contributed by atoms with E-state index in [0.717, 1.165) is 82.5 Å². The van der Waals surface area contributed by atoms with Gasteiger partial charge >= 0.3 is 0 Å². The molecule has 0 aliphatic carbocycles. The highest BCUT2D eigenvalue weighted by molar-refractivity contribution is 6.29. The smallest absolute Gasteiger partial charge is 0.143 e. The van der Waals surface area contributed by atoms with Crippen molar-refractivity contribution in [3.05, 3.63) is 510 Å². The van der Waals surface area contributed by atoms with E-state index in [4.69, 9.17) is 13.3 Å².